The Kier molecular flexibility index (Phi) is 1.37. The van der Waals surface area contributed by atoms with Gasteiger partial charge in [0.2, 0.25) is 0 Å². The summed E-state index contributed by atoms with van der Waals surface area (Å²) < 4.78 is 1.31. The van der Waals surface area contributed by atoms with Crippen molar-refractivity contribution in [2.24, 2.45) is 0 Å². The highest BCUT2D eigenvalue weighted by molar-refractivity contribution is 9.10. The van der Waals surface area contributed by atoms with Gasteiger partial charge in [-0.2, -0.15) is 0 Å². The molecule has 0 bridgehead atoms. The fourth-order valence-electron chi connectivity index (χ4n) is 1.63. The molecule has 1 heterocycles. The molecule has 0 aliphatic heterocycles. The third kappa shape index (κ3) is 0.749. The summed E-state index contributed by atoms with van der Waals surface area (Å²) in [5, 5.41) is 0. The van der Waals surface area contributed by atoms with Gasteiger partial charge in [-0.1, -0.05) is 0 Å². The van der Waals surface area contributed by atoms with Gasteiger partial charge in [-0.05, 0) is 47.7 Å². The highest BCUT2D eigenvalue weighted by Crippen LogP contribution is 2.31. The number of H-pyrrole nitrogens is 1. The van der Waals surface area contributed by atoms with Crippen LogP contribution >= 0.6 is 15.9 Å². The molecule has 1 aliphatic carbocycles. The van der Waals surface area contributed by atoms with Crippen molar-refractivity contribution in [2.45, 2.75) is 26.2 Å². The maximum atomic E-state index is 3.57. The average Bonchev–Trinajstić information content (AvgIpc) is 2.41. The van der Waals surface area contributed by atoms with E-state index in [1.807, 2.05) is 0 Å². The Morgan fingerprint density at radius 2 is 2.20 bits per heavy atom. The summed E-state index contributed by atoms with van der Waals surface area (Å²) in [5.74, 6) is 0. The molecule has 1 aromatic rings. The molecule has 0 saturated carbocycles. The van der Waals surface area contributed by atoms with E-state index in [1.165, 1.54) is 40.7 Å². The Morgan fingerprint density at radius 3 is 2.90 bits per heavy atom. The molecule has 2 heteroatoms. The van der Waals surface area contributed by atoms with Crippen LogP contribution in [0, 0.1) is 6.92 Å². The number of nitrogens with one attached hydrogen (secondary N) is 1. The SMILES string of the molecule is Cc1[nH]c2c(c1Br)CCC2. The Hall–Kier alpha value is -0.240. The highest BCUT2D eigenvalue weighted by atomic mass is 79.9. The number of fused-ring (bicyclic) bond motifs is 1. The number of aryl methyl sites for hydroxylation is 2. The Balaban J connectivity index is 2.59. The third-order valence-electron chi connectivity index (χ3n) is 2.15. The van der Waals surface area contributed by atoms with Gasteiger partial charge in [0.1, 0.15) is 0 Å². The molecule has 1 aromatic heterocycles. The molecule has 0 fully saturated rings. The Morgan fingerprint density at radius 1 is 1.40 bits per heavy atom. The summed E-state index contributed by atoms with van der Waals surface area (Å²) in [6, 6.07) is 0. The first-order valence-corrected chi connectivity index (χ1v) is 4.44. The van der Waals surface area contributed by atoms with Crippen LogP contribution in [0.25, 0.3) is 0 Å². The van der Waals surface area contributed by atoms with E-state index in [4.69, 9.17) is 0 Å². The summed E-state index contributed by atoms with van der Waals surface area (Å²) in [6.45, 7) is 2.11. The molecular formula is C8H10BrN. The zero-order valence-corrected chi connectivity index (χ0v) is 7.59. The molecular weight excluding hydrogens is 190 g/mol. The molecule has 0 atom stereocenters. The molecule has 1 N–H and O–H groups in total. The van der Waals surface area contributed by atoms with E-state index in [1.54, 1.807) is 0 Å². The lowest BCUT2D eigenvalue weighted by atomic mass is 10.2. The highest BCUT2D eigenvalue weighted by Gasteiger charge is 2.17. The van der Waals surface area contributed by atoms with Crippen LogP contribution in [-0.4, -0.2) is 4.98 Å². The molecule has 0 spiro atoms. The van der Waals surface area contributed by atoms with E-state index >= 15 is 0 Å². The second kappa shape index (κ2) is 2.12. The molecule has 0 aromatic carbocycles. The summed E-state index contributed by atoms with van der Waals surface area (Å²) >= 11 is 3.57. The van der Waals surface area contributed by atoms with Gasteiger partial charge in [-0.25, -0.2) is 0 Å². The molecule has 1 aliphatic rings. The van der Waals surface area contributed by atoms with E-state index < -0.39 is 0 Å². The summed E-state index contributed by atoms with van der Waals surface area (Å²) in [5.41, 5.74) is 4.24. The van der Waals surface area contributed by atoms with Gasteiger partial charge in [0.25, 0.3) is 0 Å². The topological polar surface area (TPSA) is 15.8 Å². The van der Waals surface area contributed by atoms with Crippen molar-refractivity contribution in [3.63, 3.8) is 0 Å². The van der Waals surface area contributed by atoms with E-state index in [0.29, 0.717) is 0 Å². The van der Waals surface area contributed by atoms with Crippen LogP contribution in [0.1, 0.15) is 23.4 Å². The van der Waals surface area contributed by atoms with Gasteiger partial charge >= 0.3 is 0 Å². The zero-order valence-electron chi connectivity index (χ0n) is 6.00. The number of hydrogen-bond acceptors (Lipinski definition) is 0. The second-order valence-electron chi connectivity index (χ2n) is 2.87. The number of aromatic amines is 1. The molecule has 0 radical (unpaired) electrons. The fraction of sp³-hybridized carbons (Fsp3) is 0.500. The zero-order chi connectivity index (χ0) is 7.14. The minimum atomic E-state index is 1.24. The van der Waals surface area contributed by atoms with Gasteiger partial charge in [-0.15, -0.1) is 0 Å². The van der Waals surface area contributed by atoms with Gasteiger partial charge in [0.05, 0.1) is 0 Å². The Bertz CT molecular complexity index is 262. The van der Waals surface area contributed by atoms with Crippen LogP contribution in [0.4, 0.5) is 0 Å². The molecule has 10 heavy (non-hydrogen) atoms. The predicted octanol–water partition coefficient (Wildman–Crippen LogP) is 2.57. The van der Waals surface area contributed by atoms with E-state index in [-0.39, 0.29) is 0 Å². The van der Waals surface area contributed by atoms with Gasteiger partial charge in [0.15, 0.2) is 0 Å². The summed E-state index contributed by atoms with van der Waals surface area (Å²) in [4.78, 5) is 3.38. The normalized spacial score (nSPS) is 15.8. The van der Waals surface area contributed by atoms with Crippen molar-refractivity contribution >= 4 is 15.9 Å². The Labute approximate surface area is 69.0 Å². The maximum absolute atomic E-state index is 3.57. The van der Waals surface area contributed by atoms with Crippen LogP contribution in [0.5, 0.6) is 0 Å². The molecule has 2 rings (SSSR count). The standard InChI is InChI=1S/C8H10BrN/c1-5-8(9)6-3-2-4-7(6)10-5/h10H,2-4H2,1H3. The third-order valence-corrected chi connectivity index (χ3v) is 3.22. The first-order valence-electron chi connectivity index (χ1n) is 3.65. The smallest absolute Gasteiger partial charge is 0.0414 e. The number of rotatable bonds is 0. The van der Waals surface area contributed by atoms with E-state index in [9.17, 15) is 0 Å². The summed E-state index contributed by atoms with van der Waals surface area (Å²) in [6.07, 6.45) is 3.81. The number of aromatic nitrogens is 1. The first kappa shape index (κ1) is 6.47. The van der Waals surface area contributed by atoms with Crippen LogP contribution in [0.3, 0.4) is 0 Å². The number of hydrogen-bond donors (Lipinski definition) is 1. The van der Waals surface area contributed by atoms with Crippen molar-refractivity contribution in [3.05, 3.63) is 21.4 Å². The van der Waals surface area contributed by atoms with Crippen molar-refractivity contribution in [3.8, 4) is 0 Å². The first-order chi connectivity index (χ1) is 4.79. The lowest BCUT2D eigenvalue weighted by Gasteiger charge is -1.89. The van der Waals surface area contributed by atoms with E-state index in [0.717, 1.165) is 0 Å². The summed E-state index contributed by atoms with van der Waals surface area (Å²) in [7, 11) is 0. The minimum absolute atomic E-state index is 1.24. The number of halogens is 1. The van der Waals surface area contributed by atoms with Crippen LogP contribution in [0.2, 0.25) is 0 Å². The van der Waals surface area contributed by atoms with Crippen molar-refractivity contribution in [1.29, 1.82) is 0 Å². The van der Waals surface area contributed by atoms with Crippen LogP contribution < -0.4 is 0 Å². The quantitative estimate of drug-likeness (QED) is 0.662. The lowest BCUT2D eigenvalue weighted by Crippen LogP contribution is -1.77. The predicted molar refractivity (Wildman–Crippen MR) is 45.3 cm³/mol. The van der Waals surface area contributed by atoms with Gasteiger partial charge < -0.3 is 4.98 Å². The minimum Gasteiger partial charge on any atom is -0.361 e. The second-order valence-corrected chi connectivity index (χ2v) is 3.67. The van der Waals surface area contributed by atoms with Gasteiger partial charge in [0, 0.05) is 15.9 Å². The molecule has 0 saturated heterocycles. The largest absolute Gasteiger partial charge is 0.361 e. The maximum Gasteiger partial charge on any atom is 0.0414 e. The van der Waals surface area contributed by atoms with Gasteiger partial charge in [-0.3, -0.25) is 0 Å². The van der Waals surface area contributed by atoms with Crippen LogP contribution in [-0.2, 0) is 12.8 Å². The lowest BCUT2D eigenvalue weighted by molar-refractivity contribution is 0.885. The van der Waals surface area contributed by atoms with Crippen molar-refractivity contribution in [1.82, 2.24) is 4.98 Å². The fourth-order valence-corrected chi connectivity index (χ4v) is 2.17. The van der Waals surface area contributed by atoms with Crippen LogP contribution in [0.15, 0.2) is 4.47 Å². The molecule has 0 unspecified atom stereocenters. The van der Waals surface area contributed by atoms with Crippen molar-refractivity contribution in [2.75, 3.05) is 0 Å². The van der Waals surface area contributed by atoms with Crippen molar-refractivity contribution < 1.29 is 0 Å². The molecule has 0 amide bonds. The molecule has 1 nitrogen and oxygen atoms in total. The van der Waals surface area contributed by atoms with E-state index in [2.05, 4.69) is 27.8 Å². The molecule has 54 valence electrons. The average molecular weight is 200 g/mol. The monoisotopic (exact) mass is 199 g/mol.